The van der Waals surface area contributed by atoms with E-state index in [1.807, 2.05) is 23.7 Å². The summed E-state index contributed by atoms with van der Waals surface area (Å²) in [6, 6.07) is 6.03. The van der Waals surface area contributed by atoms with E-state index in [0.29, 0.717) is 5.95 Å². The maximum absolute atomic E-state index is 5.33. The van der Waals surface area contributed by atoms with Gasteiger partial charge in [-0.15, -0.1) is 0 Å². The van der Waals surface area contributed by atoms with Crippen LogP contribution in [0.3, 0.4) is 0 Å². The number of nitrogens with zero attached hydrogens (tertiary/aromatic N) is 2. The Morgan fingerprint density at radius 1 is 1.46 bits per heavy atom. The molecule has 0 aliphatic heterocycles. The first-order chi connectivity index (χ1) is 6.24. The number of imidazole rings is 1. The molecule has 0 unspecified atom stereocenters. The van der Waals surface area contributed by atoms with Gasteiger partial charge in [0.25, 0.3) is 0 Å². The predicted octanol–water partition coefficient (Wildman–Crippen LogP) is 1.17. The lowest BCUT2D eigenvalue weighted by molar-refractivity contribution is 0.939. The van der Waals surface area contributed by atoms with Gasteiger partial charge in [-0.2, -0.15) is 0 Å². The van der Waals surface area contributed by atoms with Crippen LogP contribution in [0.4, 0.5) is 5.95 Å². The molecule has 0 aliphatic rings. The van der Waals surface area contributed by atoms with Crippen LogP contribution in [0.2, 0.25) is 0 Å². The molecule has 1 heterocycles. The summed E-state index contributed by atoms with van der Waals surface area (Å²) < 4.78 is 1.95. The Bertz CT molecular complexity index is 444. The maximum atomic E-state index is 5.33. The Labute approximate surface area is 76.3 Å². The Morgan fingerprint density at radius 2 is 2.23 bits per heavy atom. The van der Waals surface area contributed by atoms with Crippen molar-refractivity contribution in [2.24, 2.45) is 12.9 Å². The number of benzene rings is 1. The molecule has 0 saturated heterocycles. The number of fused-ring (bicyclic) bond motifs is 1. The summed E-state index contributed by atoms with van der Waals surface area (Å²) in [4.78, 5) is 4.32. The zero-order chi connectivity index (χ0) is 9.42. The third-order valence-corrected chi connectivity index (χ3v) is 2.23. The number of nitrogens with two attached hydrogens (primary N) is 1. The van der Waals surface area contributed by atoms with E-state index in [1.165, 1.54) is 5.56 Å². The van der Waals surface area contributed by atoms with Crippen molar-refractivity contribution in [3.63, 3.8) is 0 Å². The van der Waals surface area contributed by atoms with Crippen LogP contribution in [0, 0.1) is 6.92 Å². The van der Waals surface area contributed by atoms with Crippen molar-refractivity contribution in [2.45, 2.75) is 6.92 Å². The molecule has 0 radical (unpaired) electrons. The lowest BCUT2D eigenvalue weighted by atomic mass is 10.2. The number of hydrazine groups is 1. The summed E-state index contributed by atoms with van der Waals surface area (Å²) in [7, 11) is 1.94. The summed E-state index contributed by atoms with van der Waals surface area (Å²) in [6.07, 6.45) is 0. The van der Waals surface area contributed by atoms with E-state index in [2.05, 4.69) is 23.4 Å². The molecule has 0 aliphatic carbocycles. The Morgan fingerprint density at radius 3 is 2.85 bits per heavy atom. The molecule has 68 valence electrons. The van der Waals surface area contributed by atoms with Crippen LogP contribution in [0.25, 0.3) is 11.0 Å². The first-order valence-corrected chi connectivity index (χ1v) is 4.12. The number of hydrogen-bond acceptors (Lipinski definition) is 3. The minimum absolute atomic E-state index is 0.685. The van der Waals surface area contributed by atoms with Crippen LogP contribution in [0.15, 0.2) is 18.2 Å². The van der Waals surface area contributed by atoms with Gasteiger partial charge in [0.1, 0.15) is 0 Å². The molecule has 0 fully saturated rings. The molecule has 3 N–H and O–H groups in total. The van der Waals surface area contributed by atoms with Crippen molar-refractivity contribution >= 4 is 17.0 Å². The molecule has 4 nitrogen and oxygen atoms in total. The highest BCUT2D eigenvalue weighted by atomic mass is 15.3. The van der Waals surface area contributed by atoms with Crippen LogP contribution in [-0.4, -0.2) is 9.55 Å². The van der Waals surface area contributed by atoms with E-state index < -0.39 is 0 Å². The van der Waals surface area contributed by atoms with Gasteiger partial charge in [0.2, 0.25) is 5.95 Å². The van der Waals surface area contributed by atoms with Gasteiger partial charge in [-0.3, -0.25) is 5.43 Å². The van der Waals surface area contributed by atoms with E-state index >= 15 is 0 Å². The number of rotatable bonds is 1. The highest BCUT2D eigenvalue weighted by Crippen LogP contribution is 2.20. The van der Waals surface area contributed by atoms with Gasteiger partial charge in [0.15, 0.2) is 0 Å². The Kier molecular flexibility index (Phi) is 1.70. The summed E-state index contributed by atoms with van der Waals surface area (Å²) >= 11 is 0. The summed E-state index contributed by atoms with van der Waals surface area (Å²) in [5.74, 6) is 6.02. The summed E-state index contributed by atoms with van der Waals surface area (Å²) in [5.41, 5.74) is 5.86. The first-order valence-electron chi connectivity index (χ1n) is 4.12. The SMILES string of the molecule is Cc1cccc2nc(NN)n(C)c12. The second-order valence-electron chi connectivity index (χ2n) is 3.08. The van der Waals surface area contributed by atoms with Crippen LogP contribution in [-0.2, 0) is 7.05 Å². The minimum atomic E-state index is 0.685. The Hall–Kier alpha value is -1.55. The van der Waals surface area contributed by atoms with Crippen LogP contribution in [0.1, 0.15) is 5.56 Å². The molecule has 0 atom stereocenters. The molecule has 0 bridgehead atoms. The van der Waals surface area contributed by atoms with Crippen LogP contribution >= 0.6 is 0 Å². The minimum Gasteiger partial charge on any atom is -0.312 e. The quantitative estimate of drug-likeness (QED) is 0.506. The van der Waals surface area contributed by atoms with Crippen molar-refractivity contribution in [3.8, 4) is 0 Å². The number of hydrogen-bond donors (Lipinski definition) is 2. The second-order valence-corrected chi connectivity index (χ2v) is 3.08. The fraction of sp³-hybridized carbons (Fsp3) is 0.222. The largest absolute Gasteiger partial charge is 0.312 e. The topological polar surface area (TPSA) is 55.9 Å². The Balaban J connectivity index is 2.85. The number of para-hydroxylation sites is 1. The van der Waals surface area contributed by atoms with Crippen LogP contribution < -0.4 is 11.3 Å². The molecule has 0 spiro atoms. The smallest absolute Gasteiger partial charge is 0.218 e. The highest BCUT2D eigenvalue weighted by molar-refractivity contribution is 5.81. The molecule has 0 saturated carbocycles. The van der Waals surface area contributed by atoms with Crippen molar-refractivity contribution in [3.05, 3.63) is 23.8 Å². The van der Waals surface area contributed by atoms with Crippen LogP contribution in [0.5, 0.6) is 0 Å². The second kappa shape index (κ2) is 2.74. The van der Waals surface area contributed by atoms with Gasteiger partial charge in [0.05, 0.1) is 11.0 Å². The molecule has 0 amide bonds. The maximum Gasteiger partial charge on any atom is 0.218 e. The number of aromatic nitrogens is 2. The lowest BCUT2D eigenvalue weighted by Crippen LogP contribution is -2.11. The van der Waals surface area contributed by atoms with E-state index in [9.17, 15) is 0 Å². The highest BCUT2D eigenvalue weighted by Gasteiger charge is 2.07. The van der Waals surface area contributed by atoms with E-state index in [-0.39, 0.29) is 0 Å². The zero-order valence-electron chi connectivity index (χ0n) is 7.70. The number of aryl methyl sites for hydroxylation is 2. The molecule has 4 heteroatoms. The molecule has 13 heavy (non-hydrogen) atoms. The van der Waals surface area contributed by atoms with E-state index in [0.717, 1.165) is 11.0 Å². The normalized spacial score (nSPS) is 10.7. The molecule has 2 aromatic rings. The number of nitrogens with one attached hydrogen (secondary N) is 1. The summed E-state index contributed by atoms with van der Waals surface area (Å²) in [5, 5.41) is 0. The monoisotopic (exact) mass is 176 g/mol. The van der Waals surface area contributed by atoms with E-state index in [4.69, 9.17) is 5.84 Å². The number of nitrogen functional groups attached to an aromatic ring is 1. The summed E-state index contributed by atoms with van der Waals surface area (Å²) in [6.45, 7) is 2.06. The fourth-order valence-corrected chi connectivity index (χ4v) is 1.59. The molecule has 1 aromatic carbocycles. The lowest BCUT2D eigenvalue weighted by Gasteiger charge is -2.01. The van der Waals surface area contributed by atoms with Gasteiger partial charge in [-0.1, -0.05) is 12.1 Å². The van der Waals surface area contributed by atoms with Crippen molar-refractivity contribution in [1.82, 2.24) is 9.55 Å². The average Bonchev–Trinajstić information content (AvgIpc) is 2.44. The molecule has 2 rings (SSSR count). The third-order valence-electron chi connectivity index (χ3n) is 2.23. The van der Waals surface area contributed by atoms with Gasteiger partial charge in [-0.25, -0.2) is 10.8 Å². The molecular formula is C9H12N4. The van der Waals surface area contributed by atoms with Gasteiger partial charge < -0.3 is 4.57 Å². The number of anilines is 1. The predicted molar refractivity (Wildman–Crippen MR) is 53.3 cm³/mol. The standard InChI is InChI=1S/C9H12N4/c1-6-4-3-5-7-8(6)13(2)9(11-7)12-10/h3-5H,10H2,1-2H3,(H,11,12). The van der Waals surface area contributed by atoms with Gasteiger partial charge in [0, 0.05) is 7.05 Å². The van der Waals surface area contributed by atoms with Crippen molar-refractivity contribution in [1.29, 1.82) is 0 Å². The van der Waals surface area contributed by atoms with E-state index in [1.54, 1.807) is 0 Å². The average molecular weight is 176 g/mol. The van der Waals surface area contributed by atoms with Crippen molar-refractivity contribution in [2.75, 3.05) is 5.43 Å². The zero-order valence-corrected chi connectivity index (χ0v) is 7.70. The third kappa shape index (κ3) is 1.07. The molecular weight excluding hydrogens is 164 g/mol. The first kappa shape index (κ1) is 8.07. The fourth-order valence-electron chi connectivity index (χ4n) is 1.59. The van der Waals surface area contributed by atoms with Crippen molar-refractivity contribution < 1.29 is 0 Å². The van der Waals surface area contributed by atoms with Gasteiger partial charge in [-0.05, 0) is 18.6 Å². The van der Waals surface area contributed by atoms with Gasteiger partial charge >= 0.3 is 0 Å². The molecule has 1 aromatic heterocycles.